The van der Waals surface area contributed by atoms with Crippen LogP contribution in [0.2, 0.25) is 0 Å². The number of fused-ring (bicyclic) bond motifs is 4. The number of hydrogen-bond acceptors (Lipinski definition) is 6. The molecule has 2 aromatic carbocycles. The molecule has 3 aliphatic rings. The molecule has 2 aliphatic carbocycles. The Hall–Kier alpha value is -3.42. The second-order valence-electron chi connectivity index (χ2n) is 10.1. The van der Waals surface area contributed by atoms with Crippen LogP contribution in [-0.4, -0.2) is 26.3 Å². The number of nitro groups is 1. The maximum absolute atomic E-state index is 12.1. The first kappa shape index (κ1) is 20.0. The van der Waals surface area contributed by atoms with E-state index in [1.807, 2.05) is 6.07 Å². The maximum Gasteiger partial charge on any atom is 0.323 e. The summed E-state index contributed by atoms with van der Waals surface area (Å²) in [5.74, 6) is 0.684. The smallest absolute Gasteiger partial charge is 0.323 e. The van der Waals surface area contributed by atoms with Gasteiger partial charge in [0.25, 0.3) is 0 Å². The van der Waals surface area contributed by atoms with E-state index in [1.54, 1.807) is 6.07 Å². The molecular formula is C26H27N5O3. The van der Waals surface area contributed by atoms with Crippen LogP contribution in [-0.2, 0) is 13.0 Å². The Balaban J connectivity index is 1.36. The molecule has 4 aromatic rings. The summed E-state index contributed by atoms with van der Waals surface area (Å²) in [6.07, 6.45) is 9.79. The molecule has 0 amide bonds. The average molecular weight is 458 g/mol. The molecule has 0 spiro atoms. The molecule has 1 atom stereocenters. The lowest BCUT2D eigenvalue weighted by molar-refractivity contribution is -0.382. The molecule has 2 aromatic heterocycles. The second-order valence-corrected chi connectivity index (χ2v) is 10.1. The molecule has 1 aliphatic heterocycles. The number of nitro benzene ring substituents is 1. The van der Waals surface area contributed by atoms with Crippen molar-refractivity contribution >= 4 is 33.3 Å². The Bertz CT molecular complexity index is 1430. The molecular weight excluding hydrogens is 430 g/mol. The molecule has 3 heterocycles. The Morgan fingerprint density at radius 3 is 2.74 bits per heavy atom. The monoisotopic (exact) mass is 457 g/mol. The van der Waals surface area contributed by atoms with E-state index in [2.05, 4.69) is 38.0 Å². The molecule has 0 radical (unpaired) electrons. The Morgan fingerprint density at radius 2 is 1.88 bits per heavy atom. The third kappa shape index (κ3) is 2.83. The summed E-state index contributed by atoms with van der Waals surface area (Å²) in [6.45, 7) is 1.54. The molecule has 34 heavy (non-hydrogen) atoms. The fourth-order valence-corrected chi connectivity index (χ4v) is 6.84. The largest absolute Gasteiger partial charge is 0.356 e. The van der Waals surface area contributed by atoms with Gasteiger partial charge in [0.1, 0.15) is 11.2 Å². The van der Waals surface area contributed by atoms with Crippen molar-refractivity contribution in [2.75, 3.05) is 11.4 Å². The van der Waals surface area contributed by atoms with Crippen LogP contribution >= 0.6 is 0 Å². The SMILES string of the molecule is O=[N+]([O-])c1c(N2CCn3c4c(c5cc(C6CCCCC6)ccc53)CCCC42)ccc2nonc12. The lowest BCUT2D eigenvalue weighted by atomic mass is 9.83. The Kier molecular flexibility index (Phi) is 4.44. The van der Waals surface area contributed by atoms with Crippen molar-refractivity contribution in [1.82, 2.24) is 14.9 Å². The lowest BCUT2D eigenvalue weighted by Gasteiger charge is -2.41. The molecule has 1 saturated carbocycles. The first-order chi connectivity index (χ1) is 16.7. The highest BCUT2D eigenvalue weighted by atomic mass is 16.6. The Morgan fingerprint density at radius 1 is 1.00 bits per heavy atom. The number of anilines is 1. The van der Waals surface area contributed by atoms with Crippen molar-refractivity contribution in [3.63, 3.8) is 0 Å². The molecule has 7 rings (SSSR count). The molecule has 1 unspecified atom stereocenters. The number of hydrogen-bond donors (Lipinski definition) is 0. The molecule has 0 saturated heterocycles. The minimum Gasteiger partial charge on any atom is -0.356 e. The zero-order valence-electron chi connectivity index (χ0n) is 19.1. The van der Waals surface area contributed by atoms with Gasteiger partial charge < -0.3 is 9.47 Å². The quantitative estimate of drug-likeness (QED) is 0.276. The molecule has 174 valence electrons. The molecule has 0 bridgehead atoms. The van der Waals surface area contributed by atoms with E-state index in [4.69, 9.17) is 4.63 Å². The van der Waals surface area contributed by atoms with Crippen LogP contribution in [0.4, 0.5) is 11.4 Å². The molecule has 0 N–H and O–H groups in total. The van der Waals surface area contributed by atoms with Gasteiger partial charge in [0.2, 0.25) is 5.52 Å². The van der Waals surface area contributed by atoms with E-state index in [-0.39, 0.29) is 22.2 Å². The highest BCUT2D eigenvalue weighted by molar-refractivity contribution is 5.92. The van der Waals surface area contributed by atoms with Gasteiger partial charge in [-0.05, 0) is 83.7 Å². The van der Waals surface area contributed by atoms with E-state index in [9.17, 15) is 10.1 Å². The Labute approximate surface area is 196 Å². The van der Waals surface area contributed by atoms with Crippen molar-refractivity contribution in [3.05, 3.63) is 57.3 Å². The fourth-order valence-electron chi connectivity index (χ4n) is 6.84. The van der Waals surface area contributed by atoms with Crippen molar-refractivity contribution in [3.8, 4) is 0 Å². The van der Waals surface area contributed by atoms with Crippen LogP contribution in [0.5, 0.6) is 0 Å². The summed E-state index contributed by atoms with van der Waals surface area (Å²) in [6, 6.07) is 10.9. The van der Waals surface area contributed by atoms with E-state index >= 15 is 0 Å². The predicted octanol–water partition coefficient (Wildman–Crippen LogP) is 6.03. The number of aromatic nitrogens is 3. The first-order valence-corrected chi connectivity index (χ1v) is 12.5. The summed E-state index contributed by atoms with van der Waals surface area (Å²) in [4.78, 5) is 14.0. The van der Waals surface area contributed by atoms with Crippen molar-refractivity contribution in [2.45, 2.75) is 69.9 Å². The second kappa shape index (κ2) is 7.55. The van der Waals surface area contributed by atoms with Gasteiger partial charge in [-0.3, -0.25) is 10.1 Å². The van der Waals surface area contributed by atoms with Crippen molar-refractivity contribution < 1.29 is 9.55 Å². The highest BCUT2D eigenvalue weighted by Gasteiger charge is 2.38. The summed E-state index contributed by atoms with van der Waals surface area (Å²) < 4.78 is 7.30. The normalized spacial score (nSPS) is 20.7. The molecule has 8 heteroatoms. The first-order valence-electron chi connectivity index (χ1n) is 12.5. The van der Waals surface area contributed by atoms with Crippen LogP contribution in [0.25, 0.3) is 21.9 Å². The molecule has 1 fully saturated rings. The lowest BCUT2D eigenvalue weighted by Crippen LogP contribution is -2.40. The van der Waals surface area contributed by atoms with Gasteiger partial charge in [-0.1, -0.05) is 25.3 Å². The van der Waals surface area contributed by atoms with Crippen molar-refractivity contribution in [2.24, 2.45) is 0 Å². The summed E-state index contributed by atoms with van der Waals surface area (Å²) in [5, 5.41) is 21.2. The van der Waals surface area contributed by atoms with Crippen LogP contribution in [0.15, 0.2) is 35.0 Å². The molecule has 8 nitrogen and oxygen atoms in total. The standard InChI is InChI=1S/C26H27N5O3/c32-31(33)26-23(12-10-20-24(26)28-34-27-20)29-13-14-30-21-11-9-17(16-5-2-1-3-6-16)15-19(21)18-7-4-8-22(29)25(18)30/h9-12,15-16,22H,1-8,13-14H2. The van der Waals surface area contributed by atoms with Crippen LogP contribution in [0.1, 0.15) is 73.7 Å². The van der Waals surface area contributed by atoms with Gasteiger partial charge in [-0.2, -0.15) is 0 Å². The topological polar surface area (TPSA) is 90.2 Å². The number of benzene rings is 2. The van der Waals surface area contributed by atoms with Gasteiger partial charge in [0.15, 0.2) is 0 Å². The summed E-state index contributed by atoms with van der Waals surface area (Å²) >= 11 is 0. The minimum absolute atomic E-state index is 0.00461. The highest BCUT2D eigenvalue weighted by Crippen LogP contribution is 2.47. The van der Waals surface area contributed by atoms with Gasteiger partial charge in [-0.25, -0.2) is 4.63 Å². The zero-order valence-corrected chi connectivity index (χ0v) is 19.1. The van der Waals surface area contributed by atoms with Gasteiger partial charge in [0.05, 0.1) is 11.0 Å². The number of nitrogens with zero attached hydrogens (tertiary/aromatic N) is 5. The van der Waals surface area contributed by atoms with Gasteiger partial charge in [0, 0.05) is 29.7 Å². The van der Waals surface area contributed by atoms with Gasteiger partial charge >= 0.3 is 5.69 Å². The summed E-state index contributed by atoms with van der Waals surface area (Å²) in [7, 11) is 0. The summed E-state index contributed by atoms with van der Waals surface area (Å²) in [5.41, 5.74) is 6.86. The average Bonchev–Trinajstić information content (AvgIpc) is 3.48. The number of aryl methyl sites for hydroxylation is 1. The zero-order chi connectivity index (χ0) is 22.8. The third-order valence-electron chi connectivity index (χ3n) is 8.35. The van der Waals surface area contributed by atoms with Gasteiger partial charge in [-0.15, -0.1) is 0 Å². The van der Waals surface area contributed by atoms with Crippen molar-refractivity contribution in [1.29, 1.82) is 0 Å². The van der Waals surface area contributed by atoms with E-state index in [0.29, 0.717) is 17.1 Å². The van der Waals surface area contributed by atoms with Crippen LogP contribution in [0, 0.1) is 10.1 Å². The van der Waals surface area contributed by atoms with E-state index in [1.165, 1.54) is 59.8 Å². The fraction of sp³-hybridized carbons (Fsp3) is 0.462. The minimum atomic E-state index is -0.341. The van der Waals surface area contributed by atoms with E-state index in [0.717, 1.165) is 32.4 Å². The predicted molar refractivity (Wildman–Crippen MR) is 129 cm³/mol. The maximum atomic E-state index is 12.1. The van der Waals surface area contributed by atoms with E-state index < -0.39 is 0 Å². The third-order valence-corrected chi connectivity index (χ3v) is 8.35. The number of rotatable bonds is 3. The van der Waals surface area contributed by atoms with Crippen LogP contribution < -0.4 is 4.90 Å². The van der Waals surface area contributed by atoms with Crippen LogP contribution in [0.3, 0.4) is 0 Å².